The molecule has 7 nitrogen and oxygen atoms in total. The van der Waals surface area contributed by atoms with Crippen molar-refractivity contribution in [2.24, 2.45) is 5.10 Å². The highest BCUT2D eigenvalue weighted by atomic mass is 79.9. The van der Waals surface area contributed by atoms with E-state index in [9.17, 15) is 4.79 Å². The molecule has 0 bridgehead atoms. The van der Waals surface area contributed by atoms with Crippen LogP contribution in [0.4, 0.5) is 0 Å². The first kappa shape index (κ1) is 21.9. The number of hydrogen-bond donors (Lipinski definition) is 1. The van der Waals surface area contributed by atoms with Gasteiger partial charge in [0, 0.05) is 28.1 Å². The standard InChI is InChI=1S/C23H19BrN6OS/c1-16(17-5-3-2-4-6-17)26-27-21(31)15-32-23-29-28-22(18-11-13-25-14-12-18)30(23)20-9-7-19(24)8-10-20/h2-14H,15H2,1H3,(H,27,31)/b26-16+. The third kappa shape index (κ3) is 5.30. The molecule has 160 valence electrons. The summed E-state index contributed by atoms with van der Waals surface area (Å²) >= 11 is 4.76. The Morgan fingerprint density at radius 2 is 1.75 bits per heavy atom. The number of rotatable bonds is 7. The lowest BCUT2D eigenvalue weighted by Gasteiger charge is -2.10. The Bertz CT molecular complexity index is 1230. The summed E-state index contributed by atoms with van der Waals surface area (Å²) in [6.45, 7) is 1.86. The summed E-state index contributed by atoms with van der Waals surface area (Å²) in [6, 6.07) is 21.3. The first-order valence-corrected chi connectivity index (χ1v) is 11.5. The molecule has 0 aliphatic heterocycles. The van der Waals surface area contributed by atoms with Gasteiger partial charge in [0.15, 0.2) is 11.0 Å². The van der Waals surface area contributed by atoms with Gasteiger partial charge in [0.25, 0.3) is 5.91 Å². The Labute approximate surface area is 198 Å². The van der Waals surface area contributed by atoms with Crippen molar-refractivity contribution >= 4 is 39.3 Å². The molecule has 4 rings (SSSR count). The number of hydrazone groups is 1. The summed E-state index contributed by atoms with van der Waals surface area (Å²) in [6.07, 6.45) is 3.42. The molecule has 2 aromatic heterocycles. The molecule has 32 heavy (non-hydrogen) atoms. The Hall–Kier alpha value is -3.30. The number of nitrogens with zero attached hydrogens (tertiary/aromatic N) is 5. The lowest BCUT2D eigenvalue weighted by atomic mass is 10.1. The first-order valence-electron chi connectivity index (χ1n) is 9.75. The van der Waals surface area contributed by atoms with E-state index in [1.807, 2.05) is 78.2 Å². The van der Waals surface area contributed by atoms with Gasteiger partial charge in [-0.2, -0.15) is 5.10 Å². The maximum Gasteiger partial charge on any atom is 0.250 e. The van der Waals surface area contributed by atoms with Gasteiger partial charge in [-0.1, -0.05) is 58.0 Å². The highest BCUT2D eigenvalue weighted by Gasteiger charge is 2.17. The smallest absolute Gasteiger partial charge is 0.250 e. The van der Waals surface area contributed by atoms with Crippen LogP contribution in [0.25, 0.3) is 17.1 Å². The van der Waals surface area contributed by atoms with Gasteiger partial charge in [-0.05, 0) is 48.9 Å². The Kier molecular flexibility index (Phi) is 7.08. The number of hydrogen-bond acceptors (Lipinski definition) is 6. The molecular weight excluding hydrogens is 488 g/mol. The third-order valence-electron chi connectivity index (χ3n) is 4.53. The molecule has 0 atom stereocenters. The van der Waals surface area contributed by atoms with Crippen LogP contribution in [0.2, 0.25) is 0 Å². The van der Waals surface area contributed by atoms with Gasteiger partial charge in [0.2, 0.25) is 0 Å². The van der Waals surface area contributed by atoms with Crippen molar-refractivity contribution < 1.29 is 4.79 Å². The summed E-state index contributed by atoms with van der Waals surface area (Å²) < 4.78 is 2.90. The fourth-order valence-corrected chi connectivity index (χ4v) is 3.94. The topological polar surface area (TPSA) is 85.1 Å². The fourth-order valence-electron chi connectivity index (χ4n) is 2.93. The van der Waals surface area contributed by atoms with Crippen LogP contribution in [0.15, 0.2) is 93.9 Å². The van der Waals surface area contributed by atoms with E-state index in [1.165, 1.54) is 11.8 Å². The van der Waals surface area contributed by atoms with E-state index in [0.717, 1.165) is 27.0 Å². The van der Waals surface area contributed by atoms with E-state index in [0.29, 0.717) is 11.0 Å². The molecule has 0 aliphatic rings. The Balaban J connectivity index is 1.53. The van der Waals surface area contributed by atoms with Crippen LogP contribution in [-0.4, -0.2) is 37.1 Å². The first-order chi connectivity index (χ1) is 15.6. The second-order valence-electron chi connectivity index (χ2n) is 6.74. The SMILES string of the molecule is C/C(=N\NC(=O)CSc1nnc(-c2ccncc2)n1-c1ccc(Br)cc1)c1ccccc1. The van der Waals surface area contributed by atoms with E-state index in [2.05, 4.69) is 41.6 Å². The number of thioether (sulfide) groups is 1. The molecule has 0 saturated carbocycles. The molecule has 1 amide bonds. The fraction of sp³-hybridized carbons (Fsp3) is 0.0870. The molecule has 2 heterocycles. The molecule has 0 fully saturated rings. The maximum absolute atomic E-state index is 12.4. The summed E-state index contributed by atoms with van der Waals surface area (Å²) in [5.41, 5.74) is 6.08. The summed E-state index contributed by atoms with van der Waals surface area (Å²) in [5, 5.41) is 13.5. The molecule has 0 saturated heterocycles. The average Bonchev–Trinajstić information content (AvgIpc) is 3.27. The molecule has 9 heteroatoms. The number of nitrogens with one attached hydrogen (secondary N) is 1. The normalized spacial score (nSPS) is 11.4. The molecule has 0 radical (unpaired) electrons. The van der Waals surface area contributed by atoms with Crippen molar-refractivity contribution in [3.63, 3.8) is 0 Å². The van der Waals surface area contributed by atoms with Crippen LogP contribution < -0.4 is 5.43 Å². The van der Waals surface area contributed by atoms with Crippen LogP contribution in [0.5, 0.6) is 0 Å². The number of amides is 1. The van der Waals surface area contributed by atoms with E-state index in [4.69, 9.17) is 0 Å². The second kappa shape index (κ2) is 10.3. The van der Waals surface area contributed by atoms with Crippen LogP contribution in [0.3, 0.4) is 0 Å². The van der Waals surface area contributed by atoms with Crippen molar-refractivity contribution in [3.8, 4) is 17.1 Å². The van der Waals surface area contributed by atoms with Crippen LogP contribution in [0.1, 0.15) is 12.5 Å². The Morgan fingerprint density at radius 3 is 2.47 bits per heavy atom. The predicted molar refractivity (Wildman–Crippen MR) is 130 cm³/mol. The molecular formula is C23H19BrN6OS. The number of halogens is 1. The molecule has 4 aromatic rings. The van der Waals surface area contributed by atoms with Crippen molar-refractivity contribution in [1.29, 1.82) is 0 Å². The highest BCUT2D eigenvalue weighted by Crippen LogP contribution is 2.28. The van der Waals surface area contributed by atoms with E-state index in [-0.39, 0.29) is 11.7 Å². The predicted octanol–water partition coefficient (Wildman–Crippen LogP) is 4.72. The largest absolute Gasteiger partial charge is 0.272 e. The lowest BCUT2D eigenvalue weighted by molar-refractivity contribution is -0.118. The Morgan fingerprint density at radius 1 is 1.03 bits per heavy atom. The lowest BCUT2D eigenvalue weighted by Crippen LogP contribution is -2.21. The van der Waals surface area contributed by atoms with E-state index in [1.54, 1.807) is 12.4 Å². The van der Waals surface area contributed by atoms with Crippen molar-refractivity contribution in [2.75, 3.05) is 5.75 Å². The zero-order valence-electron chi connectivity index (χ0n) is 17.1. The van der Waals surface area contributed by atoms with Crippen LogP contribution in [0, 0.1) is 0 Å². The third-order valence-corrected chi connectivity index (χ3v) is 5.99. The molecule has 0 aliphatic carbocycles. The minimum atomic E-state index is -0.221. The number of benzene rings is 2. The quantitative estimate of drug-likeness (QED) is 0.222. The van der Waals surface area contributed by atoms with Crippen molar-refractivity contribution in [3.05, 3.63) is 89.2 Å². The van der Waals surface area contributed by atoms with Gasteiger partial charge < -0.3 is 0 Å². The maximum atomic E-state index is 12.4. The minimum absolute atomic E-state index is 0.149. The summed E-state index contributed by atoms with van der Waals surface area (Å²) in [4.78, 5) is 16.5. The molecule has 0 spiro atoms. The van der Waals surface area contributed by atoms with Crippen LogP contribution >= 0.6 is 27.7 Å². The van der Waals surface area contributed by atoms with Gasteiger partial charge in [0.05, 0.1) is 11.5 Å². The van der Waals surface area contributed by atoms with E-state index < -0.39 is 0 Å². The minimum Gasteiger partial charge on any atom is -0.272 e. The summed E-state index contributed by atoms with van der Waals surface area (Å²) in [7, 11) is 0. The molecule has 1 N–H and O–H groups in total. The van der Waals surface area contributed by atoms with Gasteiger partial charge in [-0.3, -0.25) is 14.3 Å². The second-order valence-corrected chi connectivity index (χ2v) is 8.60. The van der Waals surface area contributed by atoms with Gasteiger partial charge in [0.1, 0.15) is 0 Å². The number of pyridine rings is 1. The van der Waals surface area contributed by atoms with E-state index >= 15 is 0 Å². The van der Waals surface area contributed by atoms with Crippen molar-refractivity contribution in [1.82, 2.24) is 25.2 Å². The average molecular weight is 507 g/mol. The highest BCUT2D eigenvalue weighted by molar-refractivity contribution is 9.10. The zero-order valence-corrected chi connectivity index (χ0v) is 19.5. The number of carbonyl (C=O) groups is 1. The van der Waals surface area contributed by atoms with Gasteiger partial charge in [-0.15, -0.1) is 10.2 Å². The summed E-state index contributed by atoms with van der Waals surface area (Å²) in [5.74, 6) is 0.605. The van der Waals surface area contributed by atoms with Crippen LogP contribution in [-0.2, 0) is 4.79 Å². The monoisotopic (exact) mass is 506 g/mol. The molecule has 2 aromatic carbocycles. The number of aromatic nitrogens is 4. The molecule has 0 unspecified atom stereocenters. The zero-order chi connectivity index (χ0) is 22.3. The van der Waals surface area contributed by atoms with Crippen molar-refractivity contribution in [2.45, 2.75) is 12.1 Å². The van der Waals surface area contributed by atoms with Gasteiger partial charge in [-0.25, -0.2) is 5.43 Å². The van der Waals surface area contributed by atoms with Gasteiger partial charge >= 0.3 is 0 Å². The number of carbonyl (C=O) groups excluding carboxylic acids is 1.